The van der Waals surface area contributed by atoms with Crippen LogP contribution in [0.3, 0.4) is 0 Å². The predicted octanol–water partition coefficient (Wildman–Crippen LogP) is 5.04. The highest BCUT2D eigenvalue weighted by atomic mass is 32.2. The van der Waals surface area contributed by atoms with Gasteiger partial charge < -0.3 is 4.90 Å². The number of fused-ring (bicyclic) bond motifs is 2. The molecular formula is C21H20FN2S+. The first-order chi connectivity index (χ1) is 12.1. The van der Waals surface area contributed by atoms with E-state index in [1.807, 2.05) is 13.0 Å². The lowest BCUT2D eigenvalue weighted by Gasteiger charge is -2.18. The van der Waals surface area contributed by atoms with Crippen LogP contribution in [0.4, 0.5) is 10.1 Å². The van der Waals surface area contributed by atoms with Crippen molar-refractivity contribution >= 4 is 34.4 Å². The molecule has 3 aromatic rings. The molecule has 0 atom stereocenters. The number of rotatable bonds is 2. The average Bonchev–Trinajstić information content (AvgIpc) is 2.94. The molecule has 1 aliphatic rings. The van der Waals surface area contributed by atoms with Gasteiger partial charge in [-0.15, -0.1) is 0 Å². The van der Waals surface area contributed by atoms with Crippen molar-refractivity contribution in [1.82, 2.24) is 0 Å². The van der Waals surface area contributed by atoms with Crippen LogP contribution in [0.25, 0.3) is 17.0 Å². The number of benzene rings is 2. The van der Waals surface area contributed by atoms with Gasteiger partial charge in [0.05, 0.1) is 16.1 Å². The normalized spacial score (nSPS) is 15.2. The molecule has 0 saturated heterocycles. The molecular weight excluding hydrogens is 331 g/mol. The van der Waals surface area contributed by atoms with E-state index < -0.39 is 0 Å². The Labute approximate surface area is 151 Å². The minimum atomic E-state index is -0.142. The van der Waals surface area contributed by atoms with E-state index >= 15 is 0 Å². The van der Waals surface area contributed by atoms with E-state index in [0.717, 1.165) is 22.2 Å². The minimum absolute atomic E-state index is 0.142. The molecule has 2 nitrogen and oxygen atoms in total. The zero-order valence-electron chi connectivity index (χ0n) is 14.6. The van der Waals surface area contributed by atoms with Crippen LogP contribution in [-0.4, -0.2) is 6.54 Å². The topological polar surface area (TPSA) is 7.12 Å². The maximum Gasteiger partial charge on any atom is 0.212 e. The molecule has 2 heterocycles. The Hall–Kier alpha value is -2.33. The standard InChI is InChI=1S/C21H20FN2S/c1-4-24-19-13-17(22)14(2)11-20(19)25-21(24)12-15-9-10-23(3)18-8-6-5-7-16(15)18/h5-13H,4H2,1-3H3/q+1. The van der Waals surface area contributed by atoms with E-state index in [1.165, 1.54) is 16.5 Å². The van der Waals surface area contributed by atoms with Crippen molar-refractivity contribution in [3.63, 3.8) is 0 Å². The monoisotopic (exact) mass is 351 g/mol. The quantitative estimate of drug-likeness (QED) is 0.597. The molecule has 1 aromatic heterocycles. The number of aromatic nitrogens is 1. The van der Waals surface area contributed by atoms with Crippen LogP contribution in [0.5, 0.6) is 0 Å². The minimum Gasteiger partial charge on any atom is -0.335 e. The molecule has 1 aliphatic heterocycles. The molecule has 4 heteroatoms. The van der Waals surface area contributed by atoms with Gasteiger partial charge in [-0.3, -0.25) is 0 Å². The summed E-state index contributed by atoms with van der Waals surface area (Å²) in [4.78, 5) is 3.31. The van der Waals surface area contributed by atoms with Gasteiger partial charge in [-0.05, 0) is 49.2 Å². The maximum atomic E-state index is 14.0. The van der Waals surface area contributed by atoms with Gasteiger partial charge in [-0.25, -0.2) is 8.96 Å². The van der Waals surface area contributed by atoms with Crippen LogP contribution >= 0.6 is 11.8 Å². The largest absolute Gasteiger partial charge is 0.335 e. The Morgan fingerprint density at radius 2 is 2.00 bits per heavy atom. The fourth-order valence-corrected chi connectivity index (χ4v) is 4.56. The molecule has 0 N–H and O–H groups in total. The summed E-state index contributed by atoms with van der Waals surface area (Å²) < 4.78 is 16.2. The maximum absolute atomic E-state index is 14.0. The Morgan fingerprint density at radius 3 is 2.80 bits per heavy atom. The molecule has 0 aliphatic carbocycles. The number of hydrogen-bond acceptors (Lipinski definition) is 2. The van der Waals surface area contributed by atoms with Crippen molar-refractivity contribution in [1.29, 1.82) is 0 Å². The molecule has 2 aromatic carbocycles. The highest BCUT2D eigenvalue weighted by molar-refractivity contribution is 8.03. The third kappa shape index (κ3) is 2.71. The van der Waals surface area contributed by atoms with Crippen molar-refractivity contribution in [3.8, 4) is 0 Å². The van der Waals surface area contributed by atoms with E-state index in [2.05, 4.69) is 66.0 Å². The van der Waals surface area contributed by atoms with Crippen LogP contribution in [0.1, 0.15) is 18.1 Å². The molecule has 0 bridgehead atoms. The third-order valence-electron chi connectivity index (χ3n) is 4.68. The SMILES string of the molecule is CCN1/C(=C/c2cc[n+](C)c3ccccc23)Sc2cc(C)c(F)cc21. The smallest absolute Gasteiger partial charge is 0.212 e. The van der Waals surface area contributed by atoms with Crippen molar-refractivity contribution in [3.05, 3.63) is 70.6 Å². The van der Waals surface area contributed by atoms with Gasteiger partial charge in [0, 0.05) is 23.6 Å². The van der Waals surface area contributed by atoms with Crippen LogP contribution < -0.4 is 9.47 Å². The first-order valence-electron chi connectivity index (χ1n) is 8.43. The van der Waals surface area contributed by atoms with E-state index in [1.54, 1.807) is 17.8 Å². The van der Waals surface area contributed by atoms with Crippen molar-refractivity contribution in [2.24, 2.45) is 7.05 Å². The second-order valence-corrected chi connectivity index (χ2v) is 7.36. The second kappa shape index (κ2) is 6.19. The second-order valence-electron chi connectivity index (χ2n) is 6.30. The molecule has 0 unspecified atom stereocenters. The van der Waals surface area contributed by atoms with Gasteiger partial charge in [0.15, 0.2) is 6.20 Å². The van der Waals surface area contributed by atoms with Gasteiger partial charge in [0.25, 0.3) is 0 Å². The highest BCUT2D eigenvalue weighted by Gasteiger charge is 2.25. The molecule has 0 fully saturated rings. The zero-order valence-corrected chi connectivity index (χ0v) is 15.4. The molecule has 0 spiro atoms. The number of thioether (sulfide) groups is 1. The summed E-state index contributed by atoms with van der Waals surface area (Å²) in [6.45, 7) is 4.73. The van der Waals surface area contributed by atoms with Crippen LogP contribution in [-0.2, 0) is 7.05 Å². The number of pyridine rings is 1. The van der Waals surface area contributed by atoms with Crippen molar-refractivity contribution in [2.75, 3.05) is 11.4 Å². The Morgan fingerprint density at radius 1 is 1.20 bits per heavy atom. The molecule has 0 saturated carbocycles. The average molecular weight is 351 g/mol. The van der Waals surface area contributed by atoms with E-state index in [9.17, 15) is 4.39 Å². The van der Waals surface area contributed by atoms with E-state index in [0.29, 0.717) is 5.56 Å². The van der Waals surface area contributed by atoms with Crippen molar-refractivity contribution in [2.45, 2.75) is 18.7 Å². The number of anilines is 1. The van der Waals surface area contributed by atoms with Gasteiger partial charge in [0.1, 0.15) is 12.9 Å². The van der Waals surface area contributed by atoms with E-state index in [4.69, 9.17) is 0 Å². The highest BCUT2D eigenvalue weighted by Crippen LogP contribution is 2.47. The van der Waals surface area contributed by atoms with Crippen LogP contribution in [0.2, 0.25) is 0 Å². The Balaban J connectivity index is 1.84. The zero-order chi connectivity index (χ0) is 17.6. The molecule has 126 valence electrons. The first-order valence-corrected chi connectivity index (χ1v) is 9.24. The van der Waals surface area contributed by atoms with Gasteiger partial charge >= 0.3 is 0 Å². The predicted molar refractivity (Wildman–Crippen MR) is 103 cm³/mol. The summed E-state index contributed by atoms with van der Waals surface area (Å²) in [5.41, 5.74) is 4.04. The van der Waals surface area contributed by atoms with E-state index in [-0.39, 0.29) is 5.82 Å². The number of halogens is 1. The summed E-state index contributed by atoms with van der Waals surface area (Å²) >= 11 is 1.71. The number of nitrogens with zero attached hydrogens (tertiary/aromatic N) is 2. The lowest BCUT2D eigenvalue weighted by atomic mass is 10.1. The Kier molecular flexibility index (Phi) is 4.00. The lowest BCUT2D eigenvalue weighted by molar-refractivity contribution is -0.644. The molecule has 0 amide bonds. The first kappa shape index (κ1) is 16.2. The number of para-hydroxylation sites is 1. The summed E-state index contributed by atoms with van der Waals surface area (Å²) in [6, 6.07) is 14.1. The van der Waals surface area contributed by atoms with Crippen LogP contribution in [0, 0.1) is 12.7 Å². The molecule has 4 rings (SSSR count). The fourth-order valence-electron chi connectivity index (χ4n) is 3.30. The number of aryl methyl sites for hydroxylation is 2. The van der Waals surface area contributed by atoms with Gasteiger partial charge in [-0.2, -0.15) is 0 Å². The Bertz CT molecular complexity index is 1010. The summed E-state index contributed by atoms with van der Waals surface area (Å²) in [7, 11) is 2.06. The van der Waals surface area contributed by atoms with Crippen LogP contribution in [0.15, 0.2) is 58.6 Å². The number of hydrogen-bond donors (Lipinski definition) is 0. The summed E-state index contributed by atoms with van der Waals surface area (Å²) in [5, 5.41) is 2.36. The lowest BCUT2D eigenvalue weighted by Crippen LogP contribution is -2.28. The van der Waals surface area contributed by atoms with Crippen molar-refractivity contribution < 1.29 is 8.96 Å². The summed E-state index contributed by atoms with van der Waals surface area (Å²) in [5.74, 6) is -0.142. The van der Waals surface area contributed by atoms with Gasteiger partial charge in [-0.1, -0.05) is 23.9 Å². The van der Waals surface area contributed by atoms with Gasteiger partial charge in [0.2, 0.25) is 5.52 Å². The molecule has 0 radical (unpaired) electrons. The molecule has 25 heavy (non-hydrogen) atoms. The summed E-state index contributed by atoms with van der Waals surface area (Å²) in [6.07, 6.45) is 4.30. The third-order valence-corrected chi connectivity index (χ3v) is 5.77. The fraction of sp³-hybridized carbons (Fsp3) is 0.190.